The number of carboxylic acids is 1. The van der Waals surface area contributed by atoms with Crippen molar-refractivity contribution < 1.29 is 24.2 Å². The van der Waals surface area contributed by atoms with Crippen molar-refractivity contribution in [2.45, 2.75) is 19.3 Å². The molecule has 0 aromatic heterocycles. The van der Waals surface area contributed by atoms with Crippen LogP contribution in [0, 0.1) is 11.3 Å². The van der Waals surface area contributed by atoms with Crippen molar-refractivity contribution in [3.63, 3.8) is 0 Å². The summed E-state index contributed by atoms with van der Waals surface area (Å²) in [6, 6.07) is 2.80. The zero-order chi connectivity index (χ0) is 18.2. The second kappa shape index (κ2) is 6.63. The van der Waals surface area contributed by atoms with E-state index >= 15 is 0 Å². The number of carbonyl (C=O) groups is 2. The predicted molar refractivity (Wildman–Crippen MR) is 92.6 cm³/mol. The molecular weight excluding hydrogens is 348 g/mol. The van der Waals surface area contributed by atoms with Crippen molar-refractivity contribution in [1.29, 1.82) is 0 Å². The number of likely N-dealkylation sites (tertiary alicyclic amines) is 1. The average molecular weight is 369 g/mol. The van der Waals surface area contributed by atoms with Crippen molar-refractivity contribution in [3.8, 4) is 11.5 Å². The van der Waals surface area contributed by atoms with Gasteiger partial charge in [-0.1, -0.05) is 18.0 Å². The highest BCUT2D eigenvalue weighted by atomic mass is 35.5. The molecule has 1 aliphatic carbocycles. The molecule has 2 fully saturated rings. The van der Waals surface area contributed by atoms with Crippen molar-refractivity contribution in [1.82, 2.24) is 4.90 Å². The van der Waals surface area contributed by atoms with E-state index in [1.54, 1.807) is 17.0 Å². The summed E-state index contributed by atoms with van der Waals surface area (Å²) in [5.41, 5.74) is -0.380. The monoisotopic (exact) mass is 368 g/mol. The number of ether oxygens (including phenoxy) is 2. The largest absolute Gasteiger partial charge is 0.495 e. The molecule has 1 aromatic rings. The molecule has 8 heteroatoms. The minimum atomic E-state index is -0.809. The van der Waals surface area contributed by atoms with E-state index in [0.717, 1.165) is 12.8 Å². The van der Waals surface area contributed by atoms with E-state index in [1.165, 1.54) is 14.2 Å². The zero-order valence-corrected chi connectivity index (χ0v) is 14.9. The van der Waals surface area contributed by atoms with Crippen molar-refractivity contribution in [3.05, 3.63) is 17.2 Å². The number of carbonyl (C=O) groups excluding carboxylic acids is 1. The predicted octanol–water partition coefficient (Wildman–Crippen LogP) is 3.08. The second-order valence-corrected chi connectivity index (χ2v) is 6.96. The quantitative estimate of drug-likeness (QED) is 0.852. The van der Waals surface area contributed by atoms with Crippen molar-refractivity contribution in [2.24, 2.45) is 11.3 Å². The minimum Gasteiger partial charge on any atom is -0.495 e. The number of methoxy groups -OCH3 is 2. The molecule has 1 aromatic carbocycles. The number of rotatable bonds is 4. The number of fused-ring (bicyclic) bond motifs is 1. The van der Waals surface area contributed by atoms with E-state index in [1.807, 2.05) is 0 Å². The lowest BCUT2D eigenvalue weighted by atomic mass is 9.81. The van der Waals surface area contributed by atoms with E-state index in [-0.39, 0.29) is 18.5 Å². The molecule has 0 unspecified atom stereocenters. The molecular formula is C17H21ClN2O5. The number of hydrogen-bond donors (Lipinski definition) is 2. The van der Waals surface area contributed by atoms with Crippen LogP contribution in [0.2, 0.25) is 5.02 Å². The van der Waals surface area contributed by atoms with Crippen LogP contribution in [-0.4, -0.2) is 49.3 Å². The standard InChI is InChI=1S/C17H21ClN2O5/c1-24-13-7-12(14(25-2)6-11(13)18)19-16(23)20-8-10-4-3-5-17(10,9-20)15(21)22/h6-7,10H,3-5,8-9H2,1-2H3,(H,19,23)(H,21,22)/t10-,17+/m0/s1. The highest BCUT2D eigenvalue weighted by Crippen LogP contribution is 2.49. The van der Waals surface area contributed by atoms with E-state index in [9.17, 15) is 14.7 Å². The fraction of sp³-hybridized carbons (Fsp3) is 0.529. The van der Waals surface area contributed by atoms with E-state index in [0.29, 0.717) is 35.2 Å². The average Bonchev–Trinajstić information content (AvgIpc) is 3.14. The molecule has 1 saturated heterocycles. The molecule has 7 nitrogen and oxygen atoms in total. The summed E-state index contributed by atoms with van der Waals surface area (Å²) >= 11 is 6.07. The lowest BCUT2D eigenvalue weighted by molar-refractivity contribution is -0.149. The number of halogens is 1. The number of anilines is 1. The zero-order valence-electron chi connectivity index (χ0n) is 14.2. The van der Waals surface area contributed by atoms with Gasteiger partial charge in [0.2, 0.25) is 0 Å². The molecule has 1 heterocycles. The summed E-state index contributed by atoms with van der Waals surface area (Å²) < 4.78 is 10.4. The van der Waals surface area contributed by atoms with Gasteiger partial charge in [0.1, 0.15) is 11.5 Å². The highest BCUT2D eigenvalue weighted by Gasteiger charge is 2.55. The Labute approximate surface area is 150 Å². The number of hydrogen-bond acceptors (Lipinski definition) is 4. The van der Waals surface area contributed by atoms with Gasteiger partial charge in [-0.05, 0) is 18.8 Å². The first-order valence-corrected chi connectivity index (χ1v) is 8.50. The maximum Gasteiger partial charge on any atom is 0.321 e. The van der Waals surface area contributed by atoms with Gasteiger partial charge in [0.15, 0.2) is 0 Å². The van der Waals surface area contributed by atoms with Crippen LogP contribution in [0.4, 0.5) is 10.5 Å². The first-order chi connectivity index (χ1) is 11.9. The molecule has 2 atom stereocenters. The van der Waals surface area contributed by atoms with Gasteiger partial charge in [-0.2, -0.15) is 0 Å². The molecule has 25 heavy (non-hydrogen) atoms. The first kappa shape index (κ1) is 17.7. The topological polar surface area (TPSA) is 88.1 Å². The third-order valence-electron chi connectivity index (χ3n) is 5.30. The number of aliphatic carboxylic acids is 1. The third-order valence-corrected chi connectivity index (χ3v) is 5.59. The first-order valence-electron chi connectivity index (χ1n) is 8.12. The van der Waals surface area contributed by atoms with Gasteiger partial charge in [0.05, 0.1) is 30.3 Å². The fourth-order valence-electron chi connectivity index (χ4n) is 3.95. The summed E-state index contributed by atoms with van der Waals surface area (Å²) in [6.45, 7) is 0.678. The number of amides is 2. The molecule has 0 radical (unpaired) electrons. The molecule has 2 aliphatic rings. The minimum absolute atomic E-state index is 0.0115. The van der Waals surface area contributed by atoms with Crippen molar-refractivity contribution in [2.75, 3.05) is 32.6 Å². The van der Waals surface area contributed by atoms with Gasteiger partial charge in [-0.15, -0.1) is 0 Å². The second-order valence-electron chi connectivity index (χ2n) is 6.55. The van der Waals surface area contributed by atoms with Crippen LogP contribution >= 0.6 is 11.6 Å². The molecule has 0 spiro atoms. The number of nitrogens with zero attached hydrogens (tertiary/aromatic N) is 1. The molecule has 136 valence electrons. The van der Waals surface area contributed by atoms with Crippen molar-refractivity contribution >= 4 is 29.3 Å². The Kier molecular flexibility index (Phi) is 4.69. The molecule has 2 amide bonds. The summed E-state index contributed by atoms with van der Waals surface area (Å²) in [4.78, 5) is 26.0. The van der Waals surface area contributed by atoms with Crippen LogP contribution in [0.25, 0.3) is 0 Å². The number of carboxylic acid groups (broad SMARTS) is 1. The Morgan fingerprint density at radius 3 is 2.64 bits per heavy atom. The summed E-state index contributed by atoms with van der Waals surface area (Å²) in [5.74, 6) is 0.0259. The summed E-state index contributed by atoms with van der Waals surface area (Å²) in [5, 5.41) is 12.8. The van der Waals surface area contributed by atoms with Crippen LogP contribution in [0.15, 0.2) is 12.1 Å². The maximum atomic E-state index is 12.7. The summed E-state index contributed by atoms with van der Waals surface area (Å²) in [6.07, 6.45) is 2.36. The number of urea groups is 1. The van der Waals surface area contributed by atoms with Gasteiger partial charge < -0.3 is 24.8 Å². The van der Waals surface area contributed by atoms with Crippen LogP contribution in [0.5, 0.6) is 11.5 Å². The Bertz CT molecular complexity index is 711. The molecule has 1 saturated carbocycles. The van der Waals surface area contributed by atoms with Crippen LogP contribution < -0.4 is 14.8 Å². The smallest absolute Gasteiger partial charge is 0.321 e. The fourth-order valence-corrected chi connectivity index (χ4v) is 4.18. The van der Waals surface area contributed by atoms with Crippen LogP contribution in [0.1, 0.15) is 19.3 Å². The lowest BCUT2D eigenvalue weighted by Crippen LogP contribution is -2.38. The normalized spacial score (nSPS) is 24.8. The molecule has 2 N–H and O–H groups in total. The third kappa shape index (κ3) is 2.97. The van der Waals surface area contributed by atoms with Gasteiger partial charge in [-0.3, -0.25) is 4.79 Å². The van der Waals surface area contributed by atoms with Gasteiger partial charge in [-0.25, -0.2) is 4.79 Å². The lowest BCUT2D eigenvalue weighted by Gasteiger charge is -2.23. The number of benzene rings is 1. The van der Waals surface area contributed by atoms with Gasteiger partial charge >= 0.3 is 12.0 Å². The van der Waals surface area contributed by atoms with Gasteiger partial charge in [0, 0.05) is 25.2 Å². The SMILES string of the molecule is COc1cc(NC(=O)N2C[C@@H]3CCC[C@@]3(C(=O)O)C2)c(OC)cc1Cl. The van der Waals surface area contributed by atoms with E-state index in [4.69, 9.17) is 21.1 Å². The molecule has 0 bridgehead atoms. The Balaban J connectivity index is 1.79. The van der Waals surface area contributed by atoms with Crippen LogP contribution in [0.3, 0.4) is 0 Å². The molecule has 3 rings (SSSR count). The highest BCUT2D eigenvalue weighted by molar-refractivity contribution is 6.32. The molecule has 1 aliphatic heterocycles. The number of nitrogens with one attached hydrogen (secondary N) is 1. The van der Waals surface area contributed by atoms with Crippen LogP contribution in [-0.2, 0) is 4.79 Å². The van der Waals surface area contributed by atoms with E-state index in [2.05, 4.69) is 5.32 Å². The Morgan fingerprint density at radius 2 is 2.04 bits per heavy atom. The Hall–Kier alpha value is -2.15. The van der Waals surface area contributed by atoms with E-state index < -0.39 is 11.4 Å². The summed E-state index contributed by atoms with van der Waals surface area (Å²) in [7, 11) is 2.96. The Morgan fingerprint density at radius 1 is 1.32 bits per heavy atom. The maximum absolute atomic E-state index is 12.7. The van der Waals surface area contributed by atoms with Gasteiger partial charge in [0.25, 0.3) is 0 Å².